The largest absolute Gasteiger partial charge is 0.497 e. The second-order valence-electron chi connectivity index (χ2n) is 28.8. The van der Waals surface area contributed by atoms with Crippen molar-refractivity contribution in [3.8, 4) is 34.5 Å². The molecule has 6 atom stereocenters. The van der Waals surface area contributed by atoms with E-state index < -0.39 is 0 Å². The first-order chi connectivity index (χ1) is 62.4. The van der Waals surface area contributed by atoms with E-state index in [1.165, 1.54) is 43.2 Å². The van der Waals surface area contributed by atoms with Crippen LogP contribution >= 0.6 is 175 Å². The molecule has 27 heteroatoms. The molecule has 0 fully saturated rings. The lowest BCUT2D eigenvalue weighted by molar-refractivity contribution is 0.413. The summed E-state index contributed by atoms with van der Waals surface area (Å²) in [5, 5.41) is 27.5. The molecule has 0 spiro atoms. The van der Waals surface area contributed by atoms with Gasteiger partial charge in [-0.25, -0.2) is 0 Å². The number of ether oxygens (including phenoxy) is 6. The van der Waals surface area contributed by atoms with Gasteiger partial charge < -0.3 is 60.3 Å². The molecule has 0 aliphatic heterocycles. The summed E-state index contributed by atoms with van der Waals surface area (Å²) in [5.74, 6) is 11.1. The fourth-order valence-electron chi connectivity index (χ4n) is 12.2. The number of thioether (sulfide) groups is 6. The lowest BCUT2D eigenvalue weighted by atomic mass is 10.1. The first-order valence-corrected chi connectivity index (χ1v) is 51.3. The van der Waals surface area contributed by atoms with Crippen molar-refractivity contribution in [2.24, 2.45) is 0 Å². The van der Waals surface area contributed by atoms with Crippen LogP contribution in [0.25, 0.3) is 0 Å². The summed E-state index contributed by atoms with van der Waals surface area (Å²) < 4.78 is 31.5. The molecule has 12 nitrogen and oxygen atoms in total. The van der Waals surface area contributed by atoms with Gasteiger partial charge in [0.2, 0.25) is 0 Å². The maximum Gasteiger partial charge on any atom is 0.119 e. The third kappa shape index (κ3) is 42.6. The minimum absolute atomic E-state index is 0.261. The number of halogens is 9. The lowest BCUT2D eigenvalue weighted by Gasteiger charge is -2.15. The fraction of sp³-hybridized carbons (Fsp3) is 0.294. The van der Waals surface area contributed by atoms with Crippen LogP contribution in [0.15, 0.2) is 302 Å². The number of methoxy groups -OCH3 is 6. The summed E-state index contributed by atoms with van der Waals surface area (Å²) >= 11 is 64.9. The zero-order valence-electron chi connectivity index (χ0n) is 74.7. The van der Waals surface area contributed by atoms with E-state index in [2.05, 4.69) is 171 Å². The first kappa shape index (κ1) is 110. The number of nitrogens with one attached hydrogen (secondary N) is 6. The number of rotatable bonds is 42. The molecule has 6 N–H and O–H groups in total. The minimum atomic E-state index is 0.261. The molecule has 0 aliphatic carbocycles. The molecule has 690 valence electrons. The molecule has 0 amide bonds. The molecule has 0 heterocycles. The van der Waals surface area contributed by atoms with Crippen molar-refractivity contribution in [2.75, 3.05) is 116 Å². The van der Waals surface area contributed by atoms with E-state index in [-0.39, 0.29) is 18.1 Å². The standard InChI is InChI=1S/3C17H19Cl2NOS.3C17H20ClNOS/c1-12(13-5-3-6-14(11-13)21-2)20-9-10-22-17-15(18)7-4-8-16(17)19;1-12(13-4-3-5-15(10-13)21-2)20-8-9-22-17-11-14(18)6-7-16(17)19;1-12(13-4-3-5-14(10-13)21-2)20-8-9-22-15-6-7-16(18)17(19)11-15;1-13(14-5-3-7-16(11-14)20-2)19-9-10-21-17-8-4-6-15(18)12-17;1-13(14-6-5-7-15(12-14)20-2)19-10-11-21-17-9-4-3-8-16(17)18;1-13(14-4-3-5-16(12-14)20-2)19-10-11-21-17-8-6-15(18)7-9-17/h3-8,11-12,20H,9-10H2,1-2H3;2*3-7,10-12,20H,8-9H2,1-2H3;3-8,11-13,19H,9-10H2,1-2H3;2*3-9,12-13,19H,10-11H2,1-2H3/t3*12-;3*13-/m111111/s1. The van der Waals surface area contributed by atoms with Crippen molar-refractivity contribution in [1.29, 1.82) is 0 Å². The van der Waals surface area contributed by atoms with Gasteiger partial charge in [0.15, 0.2) is 0 Å². The average Bonchev–Trinajstić information content (AvgIpc) is 0.948. The van der Waals surface area contributed by atoms with Gasteiger partial charge in [-0.15, -0.1) is 70.6 Å². The number of hydrogen-bond donors (Lipinski definition) is 6. The summed E-state index contributed by atoms with van der Waals surface area (Å²) in [5.41, 5.74) is 7.36. The van der Waals surface area contributed by atoms with Crippen molar-refractivity contribution in [3.63, 3.8) is 0 Å². The molecular weight excluding hydrogens is 1920 g/mol. The molecule has 0 radical (unpaired) electrons. The van der Waals surface area contributed by atoms with Crippen molar-refractivity contribution in [3.05, 3.63) is 352 Å². The molecule has 12 rings (SSSR count). The van der Waals surface area contributed by atoms with Crippen LogP contribution in [-0.2, 0) is 0 Å². The Hall–Kier alpha value is -6.09. The molecule has 12 aromatic rings. The van der Waals surface area contributed by atoms with E-state index >= 15 is 0 Å². The van der Waals surface area contributed by atoms with Crippen molar-refractivity contribution in [2.45, 2.75) is 107 Å². The number of hydrogen-bond acceptors (Lipinski definition) is 18. The summed E-state index contributed by atoms with van der Waals surface area (Å²) in [4.78, 5) is 6.68. The van der Waals surface area contributed by atoms with Crippen LogP contribution < -0.4 is 60.3 Å². The van der Waals surface area contributed by atoms with E-state index in [1.54, 1.807) is 95.8 Å². The van der Waals surface area contributed by atoms with E-state index in [1.807, 2.05) is 193 Å². The van der Waals surface area contributed by atoms with Gasteiger partial charge in [-0.05, 0) is 251 Å². The molecule has 0 unspecified atom stereocenters. The maximum absolute atomic E-state index is 6.16. The predicted molar refractivity (Wildman–Crippen MR) is 565 cm³/mol. The monoisotopic (exact) mass is 2030 g/mol. The van der Waals surface area contributed by atoms with Crippen LogP contribution in [0, 0.1) is 0 Å². The van der Waals surface area contributed by atoms with Crippen LogP contribution in [-0.4, -0.2) is 116 Å². The third-order valence-electron chi connectivity index (χ3n) is 19.6. The topological polar surface area (TPSA) is 128 Å². The Labute approximate surface area is 836 Å². The maximum atomic E-state index is 6.16. The molecule has 0 bridgehead atoms. The van der Waals surface area contributed by atoms with E-state index in [0.29, 0.717) is 43.2 Å². The third-order valence-corrected chi connectivity index (χ3v) is 29.1. The second-order valence-corrected chi connectivity index (χ2v) is 39.5. The van der Waals surface area contributed by atoms with Gasteiger partial charge in [-0.2, -0.15) is 0 Å². The number of benzene rings is 12. The summed E-state index contributed by atoms with van der Waals surface area (Å²) in [6.45, 7) is 18.4. The second kappa shape index (κ2) is 63.2. The molecule has 12 aromatic carbocycles. The first-order valence-electron chi connectivity index (χ1n) is 42.0. The zero-order valence-corrected chi connectivity index (χ0v) is 86.4. The Morgan fingerprint density at radius 3 is 0.853 bits per heavy atom. The average molecular weight is 2030 g/mol. The highest BCUT2D eigenvalue weighted by atomic mass is 35.5. The van der Waals surface area contributed by atoms with Crippen LogP contribution in [0.4, 0.5) is 0 Å². The van der Waals surface area contributed by atoms with Crippen molar-refractivity contribution in [1.82, 2.24) is 31.9 Å². The Morgan fingerprint density at radius 2 is 0.496 bits per heavy atom. The van der Waals surface area contributed by atoms with E-state index in [9.17, 15) is 0 Å². The van der Waals surface area contributed by atoms with Gasteiger partial charge >= 0.3 is 0 Å². The minimum Gasteiger partial charge on any atom is -0.497 e. The Bertz CT molecular complexity index is 5200. The van der Waals surface area contributed by atoms with Crippen LogP contribution in [0.1, 0.15) is 111 Å². The quantitative estimate of drug-likeness (QED) is 0.0160. The molecular formula is C102H117Cl9N6O6S6. The highest BCUT2D eigenvalue weighted by Crippen LogP contribution is 2.36. The summed E-state index contributed by atoms with van der Waals surface area (Å²) in [6.07, 6.45) is 0. The normalized spacial score (nSPS) is 12.2. The highest BCUT2D eigenvalue weighted by Gasteiger charge is 2.15. The molecule has 0 saturated heterocycles. The highest BCUT2D eigenvalue weighted by molar-refractivity contribution is 8.00. The van der Waals surface area contributed by atoms with Crippen molar-refractivity contribution < 1.29 is 28.4 Å². The molecule has 0 aromatic heterocycles. The zero-order chi connectivity index (χ0) is 93.1. The van der Waals surface area contributed by atoms with E-state index in [0.717, 1.165) is 148 Å². The smallest absolute Gasteiger partial charge is 0.119 e. The molecule has 0 saturated carbocycles. The fourth-order valence-corrected chi connectivity index (χ4v) is 19.5. The van der Waals surface area contributed by atoms with Gasteiger partial charge in [-0.1, -0.05) is 201 Å². The van der Waals surface area contributed by atoms with Crippen LogP contribution in [0.2, 0.25) is 45.2 Å². The Balaban J connectivity index is 0.000000212. The lowest BCUT2D eigenvalue weighted by Crippen LogP contribution is -2.21. The summed E-state index contributed by atoms with van der Waals surface area (Å²) in [6, 6.07) is 91.3. The van der Waals surface area contributed by atoms with Crippen LogP contribution in [0.5, 0.6) is 34.5 Å². The Kier molecular flexibility index (Phi) is 53.9. The van der Waals surface area contributed by atoms with Gasteiger partial charge in [-0.3, -0.25) is 0 Å². The van der Waals surface area contributed by atoms with Crippen LogP contribution in [0.3, 0.4) is 0 Å². The van der Waals surface area contributed by atoms with Gasteiger partial charge in [0.25, 0.3) is 0 Å². The SMILES string of the molecule is COc1cccc([C@@H](C)NCCSc2c(Cl)cccc2Cl)c1.COc1cccc([C@@H](C)NCCSc2cc(Cl)ccc2Cl)c1.COc1cccc([C@@H](C)NCCSc2ccc(Cl)c(Cl)c2)c1.COc1cccc([C@@H](C)NCCSc2ccc(Cl)cc2)c1.COc1cccc([C@@H](C)NCCSc2cccc(Cl)c2)c1.COc1cccc([C@@H](C)NCCSc2ccccc2Cl)c1. The van der Waals surface area contributed by atoms with Crippen molar-refractivity contribution >= 4 is 175 Å². The van der Waals surface area contributed by atoms with Gasteiger partial charge in [0.1, 0.15) is 34.5 Å². The Morgan fingerprint density at radius 1 is 0.217 bits per heavy atom. The van der Waals surface area contributed by atoms with Gasteiger partial charge in [0.05, 0.1) is 72.8 Å². The van der Waals surface area contributed by atoms with E-state index in [4.69, 9.17) is 133 Å². The predicted octanol–water partition coefficient (Wildman–Crippen LogP) is 30.7. The summed E-state index contributed by atoms with van der Waals surface area (Å²) in [7, 11) is 10.1. The molecule has 129 heavy (non-hydrogen) atoms. The van der Waals surface area contributed by atoms with Gasteiger partial charge in [0, 0.05) is 154 Å². The molecule has 0 aliphatic rings.